The van der Waals surface area contributed by atoms with Crippen molar-refractivity contribution in [1.82, 2.24) is 0 Å². The van der Waals surface area contributed by atoms with Gasteiger partial charge in [-0.2, -0.15) is 0 Å². The molecule has 2 aliphatic carbocycles. The van der Waals surface area contributed by atoms with Crippen LogP contribution in [-0.4, -0.2) is 0 Å². The fraction of sp³-hybridized carbons (Fsp3) is 0.727. The van der Waals surface area contributed by atoms with E-state index in [1.807, 2.05) is 0 Å². The maximum Gasteiger partial charge on any atom is -0.00443 e. The van der Waals surface area contributed by atoms with E-state index in [0.29, 0.717) is 10.8 Å². The van der Waals surface area contributed by atoms with Gasteiger partial charge in [-0.3, -0.25) is 0 Å². The van der Waals surface area contributed by atoms with Crippen LogP contribution in [0.15, 0.2) is 36.4 Å². The first kappa shape index (κ1) is 35.3. The van der Waals surface area contributed by atoms with Crippen LogP contribution in [0.3, 0.4) is 0 Å². The van der Waals surface area contributed by atoms with Crippen molar-refractivity contribution < 1.29 is 0 Å². The zero-order valence-corrected chi connectivity index (χ0v) is 29.8. The molecular weight excluding hydrogens is 528 g/mol. The lowest BCUT2D eigenvalue weighted by Gasteiger charge is -2.39. The van der Waals surface area contributed by atoms with Gasteiger partial charge in [0.05, 0.1) is 0 Å². The molecule has 0 nitrogen and oxygen atoms in total. The number of hydrogen-bond donors (Lipinski definition) is 0. The van der Waals surface area contributed by atoms with E-state index in [2.05, 4.69) is 64.1 Å². The molecule has 2 aliphatic rings. The summed E-state index contributed by atoms with van der Waals surface area (Å²) in [4.78, 5) is 0. The quantitative estimate of drug-likeness (QED) is 0.141. The molecule has 2 aromatic carbocycles. The molecule has 2 fully saturated rings. The average Bonchev–Trinajstić information content (AvgIpc) is 3.04. The second kappa shape index (κ2) is 18.6. The van der Waals surface area contributed by atoms with Crippen molar-refractivity contribution in [2.75, 3.05) is 0 Å². The summed E-state index contributed by atoms with van der Waals surface area (Å²) in [7, 11) is 0. The van der Waals surface area contributed by atoms with Crippen molar-refractivity contribution in [3.8, 4) is 11.1 Å². The highest BCUT2D eigenvalue weighted by molar-refractivity contribution is 5.69. The third-order valence-corrected chi connectivity index (χ3v) is 12.1. The molecule has 0 saturated heterocycles. The maximum absolute atomic E-state index is 2.61. The Morgan fingerprint density at radius 2 is 0.977 bits per heavy atom. The highest BCUT2D eigenvalue weighted by Crippen LogP contribution is 2.47. The summed E-state index contributed by atoms with van der Waals surface area (Å²) in [6.07, 6.45) is 36.7. The summed E-state index contributed by atoms with van der Waals surface area (Å²) >= 11 is 0. The normalized spacial score (nSPS) is 18.0. The van der Waals surface area contributed by atoms with E-state index in [4.69, 9.17) is 0 Å². The van der Waals surface area contributed by atoms with Crippen molar-refractivity contribution in [3.05, 3.63) is 58.7 Å². The van der Waals surface area contributed by atoms with E-state index in [-0.39, 0.29) is 0 Å². The lowest BCUT2D eigenvalue weighted by atomic mass is 9.65. The van der Waals surface area contributed by atoms with Gasteiger partial charge in [0.15, 0.2) is 0 Å². The van der Waals surface area contributed by atoms with Crippen molar-refractivity contribution in [2.45, 2.75) is 205 Å². The molecular formula is C44H70. The van der Waals surface area contributed by atoms with Crippen LogP contribution in [0, 0.1) is 13.8 Å². The van der Waals surface area contributed by atoms with E-state index in [1.54, 1.807) is 16.7 Å². The van der Waals surface area contributed by atoms with Gasteiger partial charge in [-0.15, -0.1) is 0 Å². The fourth-order valence-corrected chi connectivity index (χ4v) is 9.38. The second-order valence-electron chi connectivity index (χ2n) is 15.5. The standard InChI is InChI=1S/C44H70/c1-5-7-9-11-13-15-19-29-43(30-21-17-22-31-43)40-26-27-41(37(3)36-40)39-25-28-42(38(4)35-39)44(33-23-18-24-34-44)32-20-16-14-12-10-8-6-2/h25-28,35-36H,5-24,29-34H2,1-4H3. The average molecular weight is 599 g/mol. The molecule has 4 rings (SSSR count). The van der Waals surface area contributed by atoms with Crippen LogP contribution in [0.1, 0.15) is 203 Å². The molecule has 0 radical (unpaired) electrons. The van der Waals surface area contributed by atoms with Crippen molar-refractivity contribution >= 4 is 0 Å². The largest absolute Gasteiger partial charge is 0.0654 e. The zero-order chi connectivity index (χ0) is 31.1. The first-order chi connectivity index (χ1) is 21.5. The number of rotatable bonds is 19. The SMILES string of the molecule is CCCCCCCCCC1(c2ccc(-c3ccc(C4(CCCCCCCCC)CCCCC4)c(C)c3)c(C)c2)CCCCC1. The molecule has 0 N–H and O–H groups in total. The molecule has 44 heavy (non-hydrogen) atoms. The van der Waals surface area contributed by atoms with Gasteiger partial charge in [0, 0.05) is 0 Å². The van der Waals surface area contributed by atoms with Crippen LogP contribution in [-0.2, 0) is 10.8 Å². The van der Waals surface area contributed by atoms with Crippen LogP contribution in [0.4, 0.5) is 0 Å². The van der Waals surface area contributed by atoms with Crippen LogP contribution in [0.5, 0.6) is 0 Å². The molecule has 2 aromatic rings. The predicted octanol–water partition coefficient (Wildman–Crippen LogP) is 14.7. The number of hydrogen-bond acceptors (Lipinski definition) is 0. The first-order valence-electron chi connectivity index (χ1n) is 19.8. The second-order valence-corrected chi connectivity index (χ2v) is 15.5. The minimum absolute atomic E-state index is 0.423. The van der Waals surface area contributed by atoms with E-state index in [0.717, 1.165) is 0 Å². The van der Waals surface area contributed by atoms with Crippen LogP contribution in [0.25, 0.3) is 11.1 Å². The third kappa shape index (κ3) is 9.72. The Hall–Kier alpha value is -1.56. The monoisotopic (exact) mass is 599 g/mol. The molecule has 0 aromatic heterocycles. The zero-order valence-electron chi connectivity index (χ0n) is 29.8. The molecule has 0 unspecified atom stereocenters. The van der Waals surface area contributed by atoms with E-state index in [9.17, 15) is 0 Å². The summed E-state index contributed by atoms with van der Waals surface area (Å²) in [5, 5.41) is 0. The van der Waals surface area contributed by atoms with E-state index < -0.39 is 0 Å². The summed E-state index contributed by atoms with van der Waals surface area (Å²) in [6.45, 7) is 9.45. The Morgan fingerprint density at radius 1 is 0.477 bits per heavy atom. The van der Waals surface area contributed by atoms with Crippen molar-refractivity contribution in [2.24, 2.45) is 0 Å². The first-order valence-corrected chi connectivity index (χ1v) is 19.8. The Morgan fingerprint density at radius 3 is 1.50 bits per heavy atom. The fourth-order valence-electron chi connectivity index (χ4n) is 9.38. The van der Waals surface area contributed by atoms with Gasteiger partial charge in [0.25, 0.3) is 0 Å². The van der Waals surface area contributed by atoms with Crippen LogP contribution in [0.2, 0.25) is 0 Å². The maximum atomic E-state index is 2.61. The van der Waals surface area contributed by atoms with E-state index >= 15 is 0 Å². The Bertz CT molecular complexity index is 1080. The molecule has 0 heteroatoms. The summed E-state index contributed by atoms with van der Waals surface area (Å²) < 4.78 is 0. The molecule has 0 amide bonds. The topological polar surface area (TPSA) is 0 Å². The number of aryl methyl sites for hydroxylation is 2. The highest BCUT2D eigenvalue weighted by Gasteiger charge is 2.35. The van der Waals surface area contributed by atoms with Gasteiger partial charge in [-0.25, -0.2) is 0 Å². The molecule has 2 saturated carbocycles. The predicted molar refractivity (Wildman–Crippen MR) is 196 cm³/mol. The van der Waals surface area contributed by atoms with Crippen LogP contribution >= 0.6 is 0 Å². The summed E-state index contributed by atoms with van der Waals surface area (Å²) in [5.74, 6) is 0. The molecule has 0 spiro atoms. The Labute approximate surface area is 274 Å². The molecule has 0 heterocycles. The minimum Gasteiger partial charge on any atom is -0.0654 e. The van der Waals surface area contributed by atoms with Crippen LogP contribution < -0.4 is 0 Å². The number of unbranched alkanes of at least 4 members (excludes halogenated alkanes) is 12. The molecule has 0 bridgehead atoms. The summed E-state index contributed by atoms with van der Waals surface area (Å²) in [5.41, 5.74) is 10.1. The smallest absolute Gasteiger partial charge is 0.00443 e. The van der Waals surface area contributed by atoms with Crippen molar-refractivity contribution in [3.63, 3.8) is 0 Å². The van der Waals surface area contributed by atoms with E-state index in [1.165, 1.54) is 184 Å². The molecule has 0 atom stereocenters. The lowest BCUT2D eigenvalue weighted by Crippen LogP contribution is -2.30. The highest BCUT2D eigenvalue weighted by atomic mass is 14.4. The van der Waals surface area contributed by atoms with Crippen molar-refractivity contribution in [1.29, 1.82) is 0 Å². The van der Waals surface area contributed by atoms with Gasteiger partial charge in [-0.1, -0.05) is 179 Å². The molecule has 0 aliphatic heterocycles. The Balaban J connectivity index is 1.44. The van der Waals surface area contributed by atoms with Gasteiger partial charge < -0.3 is 0 Å². The lowest BCUT2D eigenvalue weighted by molar-refractivity contribution is 0.264. The summed E-state index contributed by atoms with van der Waals surface area (Å²) in [6, 6.07) is 15.2. The minimum atomic E-state index is 0.423. The van der Waals surface area contributed by atoms with Gasteiger partial charge in [0.2, 0.25) is 0 Å². The number of benzene rings is 2. The van der Waals surface area contributed by atoms with Gasteiger partial charge in [0.1, 0.15) is 0 Å². The van der Waals surface area contributed by atoms with Gasteiger partial charge in [-0.05, 0) is 96.6 Å². The Kier molecular flexibility index (Phi) is 14.9. The molecule has 246 valence electrons. The third-order valence-electron chi connectivity index (χ3n) is 12.1. The van der Waals surface area contributed by atoms with Gasteiger partial charge >= 0.3 is 0 Å².